The Balaban J connectivity index is 5.49. The molecule has 11 heteroatoms. The standard InChI is InChI=1S/C24H49N7O4/c1-5-16(4)20(24(35)30-19(21(28)32)14-15(2)3)31-23(34)18(11-7-9-13-26)29-22(33)17(27)10-6-8-12-25/h15-20H,5-14,25-27H2,1-4H3,(H2,28,32)(H,29,33)(H,30,35)(H,31,34)/t16-,17-,18-,19+,20-/m0/s1. The highest BCUT2D eigenvalue weighted by Gasteiger charge is 2.32. The number of carbonyl (C=O) groups excluding carboxylic acids is 4. The third kappa shape index (κ3) is 13.4. The van der Waals surface area contributed by atoms with Gasteiger partial charge in [0.2, 0.25) is 23.6 Å². The van der Waals surface area contributed by atoms with Crippen molar-refractivity contribution >= 4 is 23.6 Å². The van der Waals surface area contributed by atoms with Gasteiger partial charge in [-0.15, -0.1) is 0 Å². The van der Waals surface area contributed by atoms with E-state index in [9.17, 15) is 19.2 Å². The first-order chi connectivity index (χ1) is 16.5. The van der Waals surface area contributed by atoms with E-state index >= 15 is 0 Å². The SMILES string of the molecule is CC[C@H](C)[C@H](NC(=O)[C@H](CCCCN)NC(=O)[C@@H](N)CCCCN)C(=O)N[C@H](CC(C)C)C(N)=O. The van der Waals surface area contributed by atoms with Crippen molar-refractivity contribution in [2.75, 3.05) is 13.1 Å². The predicted molar refractivity (Wildman–Crippen MR) is 138 cm³/mol. The third-order valence-electron chi connectivity index (χ3n) is 6.05. The molecule has 0 aromatic heterocycles. The van der Waals surface area contributed by atoms with Crippen molar-refractivity contribution in [2.24, 2.45) is 34.8 Å². The summed E-state index contributed by atoms with van der Waals surface area (Å²) in [6, 6.07) is -3.35. The number of nitrogens with two attached hydrogens (primary N) is 4. The fourth-order valence-corrected chi connectivity index (χ4v) is 3.61. The summed E-state index contributed by atoms with van der Waals surface area (Å²) in [4.78, 5) is 50.7. The van der Waals surface area contributed by atoms with Crippen LogP contribution >= 0.6 is 0 Å². The van der Waals surface area contributed by atoms with E-state index in [0.717, 1.165) is 6.42 Å². The van der Waals surface area contributed by atoms with Gasteiger partial charge in [0.25, 0.3) is 0 Å². The van der Waals surface area contributed by atoms with Crippen molar-refractivity contribution in [3.63, 3.8) is 0 Å². The minimum atomic E-state index is -0.895. The molecular formula is C24H49N7O4. The summed E-state index contributed by atoms with van der Waals surface area (Å²) in [6.07, 6.45) is 4.60. The second-order valence-electron chi connectivity index (χ2n) is 9.70. The van der Waals surface area contributed by atoms with Crippen LogP contribution in [0.4, 0.5) is 0 Å². The molecule has 5 atom stereocenters. The van der Waals surface area contributed by atoms with Gasteiger partial charge in [0.1, 0.15) is 18.1 Å². The quantitative estimate of drug-likeness (QED) is 0.117. The maximum absolute atomic E-state index is 13.2. The van der Waals surface area contributed by atoms with Gasteiger partial charge in [0.15, 0.2) is 0 Å². The van der Waals surface area contributed by atoms with Gasteiger partial charge in [0.05, 0.1) is 6.04 Å². The Hall–Kier alpha value is -2.24. The van der Waals surface area contributed by atoms with Crippen LogP contribution in [0.1, 0.15) is 79.1 Å². The zero-order valence-corrected chi connectivity index (χ0v) is 22.0. The molecule has 0 rings (SSSR count). The highest BCUT2D eigenvalue weighted by molar-refractivity contribution is 5.94. The Bertz CT molecular complexity index is 660. The fourth-order valence-electron chi connectivity index (χ4n) is 3.61. The highest BCUT2D eigenvalue weighted by atomic mass is 16.2. The Morgan fingerprint density at radius 1 is 0.743 bits per heavy atom. The van der Waals surface area contributed by atoms with Crippen LogP contribution in [0.25, 0.3) is 0 Å². The normalized spacial score (nSPS) is 15.5. The van der Waals surface area contributed by atoms with Crippen molar-refractivity contribution in [1.82, 2.24) is 16.0 Å². The average molecular weight is 500 g/mol. The summed E-state index contributed by atoms with van der Waals surface area (Å²) in [7, 11) is 0. The molecule has 0 saturated carbocycles. The summed E-state index contributed by atoms with van der Waals surface area (Å²) < 4.78 is 0. The molecular weight excluding hydrogens is 450 g/mol. The van der Waals surface area contributed by atoms with Gasteiger partial charge in [-0.2, -0.15) is 0 Å². The number of amides is 4. The summed E-state index contributed by atoms with van der Waals surface area (Å²) in [6.45, 7) is 8.56. The minimum Gasteiger partial charge on any atom is -0.368 e. The first-order valence-corrected chi connectivity index (χ1v) is 12.8. The highest BCUT2D eigenvalue weighted by Crippen LogP contribution is 2.12. The van der Waals surface area contributed by atoms with Crippen molar-refractivity contribution in [3.05, 3.63) is 0 Å². The van der Waals surface area contributed by atoms with Gasteiger partial charge in [-0.05, 0) is 63.5 Å². The number of carbonyl (C=O) groups is 4. The smallest absolute Gasteiger partial charge is 0.243 e. The van der Waals surface area contributed by atoms with Gasteiger partial charge >= 0.3 is 0 Å². The largest absolute Gasteiger partial charge is 0.368 e. The van der Waals surface area contributed by atoms with Crippen LogP contribution in [0.3, 0.4) is 0 Å². The number of hydrogen-bond acceptors (Lipinski definition) is 7. The molecule has 0 aromatic rings. The van der Waals surface area contributed by atoms with Crippen LogP contribution in [0, 0.1) is 11.8 Å². The average Bonchev–Trinajstić information content (AvgIpc) is 2.80. The van der Waals surface area contributed by atoms with Crippen LogP contribution in [-0.2, 0) is 19.2 Å². The van der Waals surface area contributed by atoms with E-state index < -0.39 is 47.8 Å². The third-order valence-corrected chi connectivity index (χ3v) is 6.05. The molecule has 0 bridgehead atoms. The molecule has 0 aliphatic rings. The molecule has 0 fully saturated rings. The Labute approximate surface area is 210 Å². The first kappa shape index (κ1) is 32.8. The van der Waals surface area contributed by atoms with Gasteiger partial charge < -0.3 is 38.9 Å². The fraction of sp³-hybridized carbons (Fsp3) is 0.833. The Morgan fingerprint density at radius 2 is 1.29 bits per heavy atom. The first-order valence-electron chi connectivity index (χ1n) is 12.8. The molecule has 0 spiro atoms. The summed E-state index contributed by atoms with van der Waals surface area (Å²) >= 11 is 0. The number of rotatable bonds is 19. The van der Waals surface area contributed by atoms with E-state index in [1.807, 2.05) is 27.7 Å². The number of nitrogens with one attached hydrogen (secondary N) is 3. The molecule has 0 aliphatic heterocycles. The second kappa shape index (κ2) is 18.1. The topological polar surface area (TPSA) is 208 Å². The van der Waals surface area contributed by atoms with Gasteiger partial charge in [0, 0.05) is 0 Å². The summed E-state index contributed by atoms with van der Waals surface area (Å²) in [5.41, 5.74) is 22.5. The van der Waals surface area contributed by atoms with Gasteiger partial charge in [-0.1, -0.05) is 40.5 Å². The Morgan fingerprint density at radius 3 is 1.77 bits per heavy atom. The zero-order valence-electron chi connectivity index (χ0n) is 22.0. The molecule has 0 saturated heterocycles. The maximum Gasteiger partial charge on any atom is 0.243 e. The Kier molecular flexibility index (Phi) is 16.9. The van der Waals surface area contributed by atoms with Crippen molar-refractivity contribution in [1.29, 1.82) is 0 Å². The lowest BCUT2D eigenvalue weighted by Gasteiger charge is -2.28. The van der Waals surface area contributed by atoms with Crippen LogP contribution in [0.2, 0.25) is 0 Å². The van der Waals surface area contributed by atoms with Gasteiger partial charge in [-0.3, -0.25) is 19.2 Å². The van der Waals surface area contributed by atoms with E-state index in [-0.39, 0.29) is 11.8 Å². The van der Waals surface area contributed by atoms with E-state index in [1.54, 1.807) is 0 Å². The second-order valence-corrected chi connectivity index (χ2v) is 9.70. The monoisotopic (exact) mass is 499 g/mol. The van der Waals surface area contributed by atoms with E-state index in [2.05, 4.69) is 16.0 Å². The van der Waals surface area contributed by atoms with Crippen LogP contribution in [0.5, 0.6) is 0 Å². The summed E-state index contributed by atoms with van der Waals surface area (Å²) in [5.74, 6) is -2.10. The van der Waals surface area contributed by atoms with Crippen LogP contribution < -0.4 is 38.9 Å². The lowest BCUT2D eigenvalue weighted by atomic mass is 9.96. The van der Waals surface area contributed by atoms with Crippen LogP contribution in [-0.4, -0.2) is 60.9 Å². The molecule has 0 unspecified atom stereocenters. The zero-order chi connectivity index (χ0) is 27.0. The maximum atomic E-state index is 13.2. The summed E-state index contributed by atoms with van der Waals surface area (Å²) in [5, 5.41) is 8.20. The number of primary amides is 1. The van der Waals surface area contributed by atoms with Gasteiger partial charge in [-0.25, -0.2) is 0 Å². The molecule has 0 aliphatic carbocycles. The lowest BCUT2D eigenvalue weighted by molar-refractivity contribution is -0.134. The van der Waals surface area contributed by atoms with Crippen molar-refractivity contribution in [2.45, 2.75) is 103 Å². The van der Waals surface area contributed by atoms with E-state index in [1.165, 1.54) is 0 Å². The van der Waals surface area contributed by atoms with E-state index in [4.69, 9.17) is 22.9 Å². The minimum absolute atomic E-state index is 0.139. The molecule has 11 N–H and O–H groups in total. The van der Waals surface area contributed by atoms with E-state index in [0.29, 0.717) is 58.0 Å². The van der Waals surface area contributed by atoms with Crippen LogP contribution in [0.15, 0.2) is 0 Å². The molecule has 0 heterocycles. The number of unbranched alkanes of at least 4 members (excludes halogenated alkanes) is 2. The molecule has 11 nitrogen and oxygen atoms in total. The molecule has 204 valence electrons. The predicted octanol–water partition coefficient (Wildman–Crippen LogP) is -0.396. The van der Waals surface area contributed by atoms with Crippen molar-refractivity contribution < 1.29 is 19.2 Å². The lowest BCUT2D eigenvalue weighted by Crippen LogP contribution is -2.59. The van der Waals surface area contributed by atoms with Crippen molar-refractivity contribution in [3.8, 4) is 0 Å². The molecule has 4 amide bonds. The molecule has 0 aromatic carbocycles. The molecule has 0 radical (unpaired) electrons. The number of hydrogen-bond donors (Lipinski definition) is 7. The molecule has 35 heavy (non-hydrogen) atoms.